The summed E-state index contributed by atoms with van der Waals surface area (Å²) < 4.78 is 2.53. The molecule has 1 aromatic heterocycles. The monoisotopic (exact) mass is 277 g/mol. The molecule has 0 spiro atoms. The van der Waals surface area contributed by atoms with E-state index in [0.717, 1.165) is 16.1 Å². The lowest BCUT2D eigenvalue weighted by atomic mass is 10.5. The van der Waals surface area contributed by atoms with E-state index in [2.05, 4.69) is 32.7 Å². The standard InChI is InChI=1S/C8H12BrN3OS/c1-3-4-12-7(13)10-11-8(12)14-5-6(2)9/h2-5H2,1H3,(H,10,13). The van der Waals surface area contributed by atoms with Crippen LogP contribution in [-0.2, 0) is 6.54 Å². The van der Waals surface area contributed by atoms with Crippen molar-refractivity contribution in [3.05, 3.63) is 21.5 Å². The van der Waals surface area contributed by atoms with Crippen LogP contribution in [0.3, 0.4) is 0 Å². The maximum atomic E-state index is 11.3. The van der Waals surface area contributed by atoms with E-state index in [4.69, 9.17) is 0 Å². The third kappa shape index (κ3) is 3.02. The summed E-state index contributed by atoms with van der Waals surface area (Å²) in [6.07, 6.45) is 0.919. The number of aromatic nitrogens is 3. The molecule has 0 radical (unpaired) electrons. The fourth-order valence-corrected chi connectivity index (χ4v) is 2.05. The van der Waals surface area contributed by atoms with Crippen LogP contribution in [-0.4, -0.2) is 20.5 Å². The second kappa shape index (κ2) is 5.41. The van der Waals surface area contributed by atoms with E-state index in [9.17, 15) is 4.79 Å². The molecule has 0 atom stereocenters. The summed E-state index contributed by atoms with van der Waals surface area (Å²) >= 11 is 4.75. The molecule has 0 bridgehead atoms. The molecule has 1 rings (SSSR count). The number of nitrogens with one attached hydrogen (secondary N) is 1. The van der Waals surface area contributed by atoms with Crippen molar-refractivity contribution in [2.24, 2.45) is 0 Å². The van der Waals surface area contributed by atoms with Crippen LogP contribution in [0.2, 0.25) is 0 Å². The predicted molar refractivity (Wildman–Crippen MR) is 61.9 cm³/mol. The molecule has 0 aromatic carbocycles. The number of halogens is 1. The van der Waals surface area contributed by atoms with Gasteiger partial charge in [-0.05, 0) is 10.9 Å². The topological polar surface area (TPSA) is 50.7 Å². The minimum Gasteiger partial charge on any atom is -0.270 e. The first-order valence-corrected chi connectivity index (χ1v) is 6.04. The van der Waals surface area contributed by atoms with Crippen LogP contribution in [0.4, 0.5) is 0 Å². The molecule has 0 aliphatic rings. The van der Waals surface area contributed by atoms with Crippen LogP contribution in [0.1, 0.15) is 13.3 Å². The largest absolute Gasteiger partial charge is 0.343 e. The van der Waals surface area contributed by atoms with Crippen molar-refractivity contribution in [2.75, 3.05) is 5.75 Å². The molecule has 1 heterocycles. The smallest absolute Gasteiger partial charge is 0.270 e. The van der Waals surface area contributed by atoms with Gasteiger partial charge < -0.3 is 0 Å². The minimum atomic E-state index is -0.144. The third-order valence-electron chi connectivity index (χ3n) is 1.53. The highest BCUT2D eigenvalue weighted by atomic mass is 79.9. The number of hydrogen-bond donors (Lipinski definition) is 1. The van der Waals surface area contributed by atoms with Crippen molar-refractivity contribution in [3.8, 4) is 0 Å². The highest BCUT2D eigenvalue weighted by molar-refractivity contribution is 9.11. The van der Waals surface area contributed by atoms with Gasteiger partial charge in [0.05, 0.1) is 0 Å². The number of nitrogens with zero attached hydrogens (tertiary/aromatic N) is 2. The molecular formula is C8H12BrN3OS. The fraction of sp³-hybridized carbons (Fsp3) is 0.500. The summed E-state index contributed by atoms with van der Waals surface area (Å²) in [5.41, 5.74) is -0.144. The molecule has 78 valence electrons. The maximum absolute atomic E-state index is 11.3. The molecular weight excluding hydrogens is 266 g/mol. The lowest BCUT2D eigenvalue weighted by molar-refractivity contribution is 0.604. The van der Waals surface area contributed by atoms with E-state index in [1.54, 1.807) is 4.57 Å². The molecule has 0 amide bonds. The Balaban J connectivity index is 2.75. The van der Waals surface area contributed by atoms with Crippen molar-refractivity contribution >= 4 is 27.7 Å². The summed E-state index contributed by atoms with van der Waals surface area (Å²) in [6, 6.07) is 0. The van der Waals surface area contributed by atoms with Gasteiger partial charge in [-0.25, -0.2) is 9.89 Å². The Morgan fingerprint density at radius 2 is 2.50 bits per heavy atom. The SMILES string of the molecule is C=C(Br)CSc1n[nH]c(=O)n1CCC. The molecule has 0 unspecified atom stereocenters. The number of H-pyrrole nitrogens is 1. The summed E-state index contributed by atoms with van der Waals surface area (Å²) in [5, 5.41) is 7.09. The molecule has 14 heavy (non-hydrogen) atoms. The van der Waals surface area contributed by atoms with Crippen LogP contribution in [0, 0.1) is 0 Å². The lowest BCUT2D eigenvalue weighted by Crippen LogP contribution is -2.17. The van der Waals surface area contributed by atoms with Gasteiger partial charge in [-0.2, -0.15) is 0 Å². The summed E-state index contributed by atoms with van der Waals surface area (Å²) in [7, 11) is 0. The summed E-state index contributed by atoms with van der Waals surface area (Å²) in [4.78, 5) is 11.3. The van der Waals surface area contributed by atoms with Crippen LogP contribution in [0.15, 0.2) is 21.0 Å². The second-order valence-electron chi connectivity index (χ2n) is 2.77. The molecule has 0 saturated carbocycles. The first-order valence-electron chi connectivity index (χ1n) is 4.26. The van der Waals surface area contributed by atoms with Gasteiger partial charge in [0.2, 0.25) is 0 Å². The molecule has 4 nitrogen and oxygen atoms in total. The second-order valence-corrected chi connectivity index (χ2v) is 4.83. The molecule has 6 heteroatoms. The zero-order chi connectivity index (χ0) is 10.6. The van der Waals surface area contributed by atoms with Gasteiger partial charge in [-0.1, -0.05) is 41.2 Å². The van der Waals surface area contributed by atoms with E-state index < -0.39 is 0 Å². The molecule has 0 aliphatic heterocycles. The molecule has 1 N–H and O–H groups in total. The van der Waals surface area contributed by atoms with Crippen LogP contribution in [0.25, 0.3) is 0 Å². The van der Waals surface area contributed by atoms with Crippen molar-refractivity contribution in [3.63, 3.8) is 0 Å². The molecule has 0 aliphatic carbocycles. The van der Waals surface area contributed by atoms with Gasteiger partial charge in [0.25, 0.3) is 0 Å². The zero-order valence-corrected chi connectivity index (χ0v) is 10.3. The number of aromatic amines is 1. The first kappa shape index (κ1) is 11.6. The average Bonchev–Trinajstić information content (AvgIpc) is 2.46. The number of rotatable bonds is 5. The van der Waals surface area contributed by atoms with Crippen LogP contribution < -0.4 is 5.69 Å². The van der Waals surface area contributed by atoms with Gasteiger partial charge in [-0.15, -0.1) is 5.10 Å². The lowest BCUT2D eigenvalue weighted by Gasteiger charge is -2.01. The van der Waals surface area contributed by atoms with Crippen molar-refractivity contribution in [2.45, 2.75) is 25.0 Å². The fourth-order valence-electron chi connectivity index (χ4n) is 0.977. The molecule has 1 aromatic rings. The van der Waals surface area contributed by atoms with Crippen molar-refractivity contribution < 1.29 is 0 Å². The van der Waals surface area contributed by atoms with E-state index in [0.29, 0.717) is 12.3 Å². The van der Waals surface area contributed by atoms with Crippen LogP contribution in [0.5, 0.6) is 0 Å². The van der Waals surface area contributed by atoms with Crippen molar-refractivity contribution in [1.82, 2.24) is 14.8 Å². The Kier molecular flexibility index (Phi) is 4.47. The number of thioether (sulfide) groups is 1. The Morgan fingerprint density at radius 1 is 1.79 bits per heavy atom. The normalized spacial score (nSPS) is 10.4. The van der Waals surface area contributed by atoms with E-state index in [-0.39, 0.29) is 5.69 Å². The quantitative estimate of drug-likeness (QED) is 0.838. The van der Waals surface area contributed by atoms with E-state index in [1.165, 1.54) is 11.8 Å². The Labute approximate surface area is 94.9 Å². The zero-order valence-electron chi connectivity index (χ0n) is 7.92. The Hall–Kier alpha value is -0.490. The van der Waals surface area contributed by atoms with E-state index in [1.807, 2.05) is 6.92 Å². The third-order valence-corrected chi connectivity index (χ3v) is 3.24. The van der Waals surface area contributed by atoms with Crippen LogP contribution >= 0.6 is 27.7 Å². The van der Waals surface area contributed by atoms with E-state index >= 15 is 0 Å². The maximum Gasteiger partial charge on any atom is 0.343 e. The Bertz CT molecular complexity index is 371. The van der Waals surface area contributed by atoms with Gasteiger partial charge in [0, 0.05) is 12.3 Å². The number of hydrogen-bond acceptors (Lipinski definition) is 3. The highest BCUT2D eigenvalue weighted by Crippen LogP contribution is 2.18. The average molecular weight is 278 g/mol. The minimum absolute atomic E-state index is 0.144. The van der Waals surface area contributed by atoms with Gasteiger partial charge in [0.15, 0.2) is 5.16 Å². The predicted octanol–water partition coefficient (Wildman–Crippen LogP) is 1.98. The molecule has 0 fully saturated rings. The van der Waals surface area contributed by atoms with Gasteiger partial charge >= 0.3 is 5.69 Å². The van der Waals surface area contributed by atoms with Gasteiger partial charge in [0.1, 0.15) is 0 Å². The summed E-state index contributed by atoms with van der Waals surface area (Å²) in [5.74, 6) is 0.716. The molecule has 0 saturated heterocycles. The first-order chi connectivity index (χ1) is 6.65. The van der Waals surface area contributed by atoms with Gasteiger partial charge in [-0.3, -0.25) is 4.57 Å². The van der Waals surface area contributed by atoms with Crippen molar-refractivity contribution in [1.29, 1.82) is 0 Å². The highest BCUT2D eigenvalue weighted by Gasteiger charge is 2.07. The summed E-state index contributed by atoms with van der Waals surface area (Å²) in [6.45, 7) is 6.45. The Morgan fingerprint density at radius 3 is 3.07 bits per heavy atom.